The number of ether oxygens (including phenoxy) is 1. The molecule has 1 aromatic carbocycles. The molecule has 0 saturated carbocycles. The Hall–Kier alpha value is -2.84. The second-order valence-corrected chi connectivity index (χ2v) is 6.25. The average Bonchev–Trinajstić information content (AvgIpc) is 2.88. The number of hydrogen-bond donors (Lipinski definition) is 2. The van der Waals surface area contributed by atoms with Crippen LogP contribution >= 0.6 is 0 Å². The van der Waals surface area contributed by atoms with Gasteiger partial charge in [0.05, 0.1) is 35.9 Å². The van der Waals surface area contributed by atoms with Gasteiger partial charge in [0.25, 0.3) is 0 Å². The molecule has 1 aliphatic heterocycles. The Bertz CT molecular complexity index is 975. The van der Waals surface area contributed by atoms with Gasteiger partial charge in [-0.2, -0.15) is 5.26 Å². The molecule has 1 aliphatic carbocycles. The summed E-state index contributed by atoms with van der Waals surface area (Å²) in [7, 11) is 0. The first-order valence-corrected chi connectivity index (χ1v) is 7.86. The lowest BCUT2D eigenvalue weighted by Crippen LogP contribution is -2.40. The molecule has 5 heteroatoms. The Morgan fingerprint density at radius 2 is 2.29 bits per heavy atom. The summed E-state index contributed by atoms with van der Waals surface area (Å²) < 4.78 is 6.04. The predicted molar refractivity (Wildman–Crippen MR) is 88.6 cm³/mol. The molecule has 0 unspecified atom stereocenters. The summed E-state index contributed by atoms with van der Waals surface area (Å²) in [6.07, 6.45) is 6.17. The van der Waals surface area contributed by atoms with E-state index in [0.29, 0.717) is 18.6 Å². The maximum absolute atomic E-state index is 11.5. The van der Waals surface area contributed by atoms with Gasteiger partial charge in [-0.15, -0.1) is 0 Å². The van der Waals surface area contributed by atoms with Crippen LogP contribution in [0.15, 0.2) is 35.9 Å². The van der Waals surface area contributed by atoms with Crippen LogP contribution in [0.1, 0.15) is 28.8 Å². The summed E-state index contributed by atoms with van der Waals surface area (Å²) >= 11 is 0. The second-order valence-electron chi connectivity index (χ2n) is 6.25. The third-order valence-corrected chi connectivity index (χ3v) is 4.91. The Morgan fingerprint density at radius 1 is 1.50 bits per heavy atom. The van der Waals surface area contributed by atoms with Crippen LogP contribution in [0.2, 0.25) is 0 Å². The number of hydrogen-bond acceptors (Lipinski definition) is 3. The molecule has 0 saturated heterocycles. The highest BCUT2D eigenvalue weighted by molar-refractivity contribution is 5.93. The number of aryl methyl sites for hydroxylation is 1. The first kappa shape index (κ1) is 14.7. The lowest BCUT2D eigenvalue weighted by molar-refractivity contribution is -0.145. The van der Waals surface area contributed by atoms with Crippen molar-refractivity contribution >= 4 is 16.9 Å². The van der Waals surface area contributed by atoms with E-state index in [4.69, 9.17) is 4.74 Å². The van der Waals surface area contributed by atoms with Crippen molar-refractivity contribution in [2.24, 2.45) is 0 Å². The van der Waals surface area contributed by atoms with E-state index in [2.05, 4.69) is 11.1 Å². The monoisotopic (exact) mass is 320 g/mol. The van der Waals surface area contributed by atoms with Crippen molar-refractivity contribution in [3.63, 3.8) is 0 Å². The van der Waals surface area contributed by atoms with Crippen molar-refractivity contribution in [1.29, 1.82) is 5.26 Å². The Kier molecular flexibility index (Phi) is 3.12. The summed E-state index contributed by atoms with van der Waals surface area (Å²) in [5, 5.41) is 19.8. The molecule has 2 aliphatic rings. The van der Waals surface area contributed by atoms with E-state index in [0.717, 1.165) is 33.3 Å². The van der Waals surface area contributed by atoms with Gasteiger partial charge in [0.15, 0.2) is 0 Å². The maximum atomic E-state index is 11.5. The van der Waals surface area contributed by atoms with Gasteiger partial charge in [-0.25, -0.2) is 0 Å². The number of H-pyrrole nitrogens is 1. The number of carboxylic acid groups (broad SMARTS) is 1. The molecule has 5 nitrogen and oxygen atoms in total. The van der Waals surface area contributed by atoms with Gasteiger partial charge in [0.1, 0.15) is 5.60 Å². The van der Waals surface area contributed by atoms with Gasteiger partial charge in [0, 0.05) is 5.39 Å². The van der Waals surface area contributed by atoms with Crippen molar-refractivity contribution in [2.45, 2.75) is 25.4 Å². The highest BCUT2D eigenvalue weighted by Gasteiger charge is 2.45. The van der Waals surface area contributed by atoms with Crippen molar-refractivity contribution in [3.8, 4) is 6.07 Å². The standard InChI is InChI=1S/C19H16N2O3/c1-11-5-6-12(10-20)16-14-7-8-24-19(9-15(22)23,13-3-2-4-13)18(14)21-17(11)16/h2-6,21H,7-9H2,1H3,(H,22,23)/t19-/m0/s1. The van der Waals surface area contributed by atoms with E-state index in [1.165, 1.54) is 0 Å². The zero-order chi connectivity index (χ0) is 16.9. The number of carbonyl (C=O) groups is 1. The Morgan fingerprint density at radius 3 is 2.92 bits per heavy atom. The molecule has 0 fully saturated rings. The number of fused-ring (bicyclic) bond motifs is 3. The minimum atomic E-state index is -1.01. The second kappa shape index (κ2) is 5.08. The molecule has 1 aromatic heterocycles. The third kappa shape index (κ3) is 1.87. The highest BCUT2D eigenvalue weighted by Crippen LogP contribution is 2.46. The van der Waals surface area contributed by atoms with Crippen LogP contribution in [0.5, 0.6) is 0 Å². The Balaban J connectivity index is 2.04. The first-order chi connectivity index (χ1) is 11.6. The molecule has 2 aromatic rings. The molecule has 0 bridgehead atoms. The molecule has 2 N–H and O–H groups in total. The van der Waals surface area contributed by atoms with E-state index < -0.39 is 11.6 Å². The minimum absolute atomic E-state index is 0.149. The van der Waals surface area contributed by atoms with Crippen LogP contribution in [0.3, 0.4) is 0 Å². The van der Waals surface area contributed by atoms with Crippen LogP contribution < -0.4 is 0 Å². The van der Waals surface area contributed by atoms with Gasteiger partial charge in [-0.1, -0.05) is 24.3 Å². The normalized spacial score (nSPS) is 21.8. The number of aromatic nitrogens is 1. The number of rotatable bonds is 3. The van der Waals surface area contributed by atoms with Crippen LogP contribution in [0.4, 0.5) is 0 Å². The van der Waals surface area contributed by atoms with E-state index in [-0.39, 0.29) is 6.42 Å². The zero-order valence-electron chi connectivity index (χ0n) is 13.2. The summed E-state index contributed by atoms with van der Waals surface area (Å²) in [4.78, 5) is 14.9. The fraction of sp³-hybridized carbons (Fsp3) is 0.263. The molecule has 0 amide bonds. The van der Waals surface area contributed by atoms with Crippen molar-refractivity contribution in [3.05, 3.63) is 58.3 Å². The van der Waals surface area contributed by atoms with Crippen molar-refractivity contribution in [1.82, 2.24) is 4.98 Å². The molecule has 2 heterocycles. The molecule has 1 atom stereocenters. The van der Waals surface area contributed by atoms with E-state index in [9.17, 15) is 15.2 Å². The largest absolute Gasteiger partial charge is 0.481 e. The number of aromatic amines is 1. The number of carboxylic acids is 1. The maximum Gasteiger partial charge on any atom is 0.307 e. The van der Waals surface area contributed by atoms with Gasteiger partial charge in [0.2, 0.25) is 0 Å². The topological polar surface area (TPSA) is 86.1 Å². The number of benzene rings is 1. The Labute approximate surface area is 138 Å². The molecule has 4 rings (SSSR count). The van der Waals surface area contributed by atoms with Gasteiger partial charge >= 0.3 is 5.97 Å². The zero-order valence-corrected chi connectivity index (χ0v) is 13.2. The van der Waals surface area contributed by atoms with Crippen molar-refractivity contribution < 1.29 is 14.6 Å². The minimum Gasteiger partial charge on any atom is -0.481 e. The van der Waals surface area contributed by atoms with Crippen LogP contribution in [-0.2, 0) is 21.6 Å². The van der Waals surface area contributed by atoms with E-state index in [1.54, 1.807) is 0 Å². The van der Waals surface area contributed by atoms with Crippen LogP contribution in [-0.4, -0.2) is 22.7 Å². The summed E-state index contributed by atoms with van der Waals surface area (Å²) in [5.41, 5.74) is 4.15. The molecule has 0 radical (unpaired) electrons. The number of nitriles is 1. The van der Waals surface area contributed by atoms with Crippen LogP contribution in [0.25, 0.3) is 10.9 Å². The van der Waals surface area contributed by atoms with Gasteiger partial charge in [-0.05, 0) is 36.1 Å². The van der Waals surface area contributed by atoms with Crippen molar-refractivity contribution in [2.75, 3.05) is 6.61 Å². The molecular formula is C19H16N2O3. The first-order valence-electron chi connectivity index (χ1n) is 7.86. The number of aliphatic carboxylic acids is 1. The molecular weight excluding hydrogens is 304 g/mol. The van der Waals surface area contributed by atoms with Crippen LogP contribution in [0, 0.1) is 18.3 Å². The molecule has 120 valence electrons. The third-order valence-electron chi connectivity index (χ3n) is 4.91. The molecule has 24 heavy (non-hydrogen) atoms. The summed E-state index contributed by atoms with van der Waals surface area (Å²) in [6.45, 7) is 2.41. The predicted octanol–water partition coefficient (Wildman–Crippen LogP) is 3.09. The SMILES string of the molecule is Cc1ccc(C#N)c2c3c([nH]c12)[C@](CC(=O)O)(C1=CC=C1)OCC3. The highest BCUT2D eigenvalue weighted by atomic mass is 16.5. The summed E-state index contributed by atoms with van der Waals surface area (Å²) in [5.74, 6) is -0.917. The molecule has 0 spiro atoms. The van der Waals surface area contributed by atoms with Gasteiger partial charge < -0.3 is 14.8 Å². The van der Waals surface area contributed by atoms with Gasteiger partial charge in [-0.3, -0.25) is 4.79 Å². The smallest absolute Gasteiger partial charge is 0.307 e. The number of nitrogens with zero attached hydrogens (tertiary/aromatic N) is 1. The average molecular weight is 320 g/mol. The number of nitrogens with one attached hydrogen (secondary N) is 1. The fourth-order valence-corrected chi connectivity index (χ4v) is 3.74. The van der Waals surface area contributed by atoms with E-state index >= 15 is 0 Å². The summed E-state index contributed by atoms with van der Waals surface area (Å²) in [6, 6.07) is 5.98. The number of allylic oxidation sites excluding steroid dienone is 2. The quantitative estimate of drug-likeness (QED) is 0.910. The fourth-order valence-electron chi connectivity index (χ4n) is 3.74. The van der Waals surface area contributed by atoms with E-state index in [1.807, 2.05) is 37.3 Å². The lowest BCUT2D eigenvalue weighted by atomic mass is 9.79. The lowest BCUT2D eigenvalue weighted by Gasteiger charge is -2.39.